The largest absolute Gasteiger partial charge is 0.492 e. The number of carboxylic acids is 1. The Bertz CT molecular complexity index is 701. The highest BCUT2D eigenvalue weighted by Crippen LogP contribution is 2.37. The molecule has 136 valence electrons. The summed E-state index contributed by atoms with van der Waals surface area (Å²) in [4.78, 5) is 36.7. The number of carbonyl (C=O) groups is 3. The van der Waals surface area contributed by atoms with E-state index >= 15 is 0 Å². The summed E-state index contributed by atoms with van der Waals surface area (Å²) in [5, 5.41) is 11.9. The van der Waals surface area contributed by atoms with E-state index in [9.17, 15) is 19.5 Å². The number of carbonyl (C=O) groups excluding carboxylic acids is 2. The highest BCUT2D eigenvalue weighted by molar-refractivity contribution is 5.89. The molecule has 2 N–H and O–H groups in total. The minimum atomic E-state index is -1.09. The molecule has 2 amide bonds. The van der Waals surface area contributed by atoms with E-state index in [1.807, 2.05) is 26.0 Å². The summed E-state index contributed by atoms with van der Waals surface area (Å²) >= 11 is 0. The molecule has 0 saturated carbocycles. The lowest BCUT2D eigenvalue weighted by atomic mass is 9.95. The molecule has 2 atom stereocenters. The third-order valence-corrected chi connectivity index (χ3v) is 4.54. The van der Waals surface area contributed by atoms with E-state index in [0.717, 1.165) is 16.7 Å². The molecule has 7 heteroatoms. The van der Waals surface area contributed by atoms with Crippen LogP contribution in [0.4, 0.5) is 0 Å². The van der Waals surface area contributed by atoms with Gasteiger partial charge in [-0.3, -0.25) is 9.59 Å². The number of nitrogens with zero attached hydrogens (tertiary/aromatic N) is 1. The Morgan fingerprint density at radius 2 is 1.96 bits per heavy atom. The van der Waals surface area contributed by atoms with Gasteiger partial charge in [0, 0.05) is 25.6 Å². The van der Waals surface area contributed by atoms with Crippen molar-refractivity contribution in [1.29, 1.82) is 0 Å². The number of hydrogen-bond donors (Lipinski definition) is 2. The Kier molecular flexibility index (Phi) is 5.66. The molecule has 0 spiro atoms. The molecule has 0 aliphatic carbocycles. The van der Waals surface area contributed by atoms with Gasteiger partial charge in [-0.05, 0) is 38.0 Å². The van der Waals surface area contributed by atoms with Crippen molar-refractivity contribution in [3.05, 3.63) is 28.8 Å². The maximum Gasteiger partial charge on any atom is 0.326 e. The van der Waals surface area contributed by atoms with Gasteiger partial charge in [-0.2, -0.15) is 0 Å². The number of fused-ring (bicyclic) bond motifs is 1. The van der Waals surface area contributed by atoms with Crippen LogP contribution in [0.15, 0.2) is 12.1 Å². The molecule has 2 unspecified atom stereocenters. The number of nitrogens with one attached hydrogen (secondary N) is 1. The fraction of sp³-hybridized carbons (Fsp3) is 0.500. The number of rotatable bonds is 6. The van der Waals surface area contributed by atoms with Crippen LogP contribution in [-0.4, -0.2) is 53.5 Å². The molecule has 0 bridgehead atoms. The number of hydrogen-bond acceptors (Lipinski definition) is 4. The van der Waals surface area contributed by atoms with Gasteiger partial charge in [0.2, 0.25) is 11.8 Å². The first-order valence-corrected chi connectivity index (χ1v) is 8.24. The molecular formula is C18H24N2O5. The molecule has 0 fully saturated rings. The summed E-state index contributed by atoms with van der Waals surface area (Å²) < 4.78 is 5.64. The minimum absolute atomic E-state index is 0.128. The second-order valence-corrected chi connectivity index (χ2v) is 6.37. The average molecular weight is 348 g/mol. The van der Waals surface area contributed by atoms with Crippen molar-refractivity contribution in [2.45, 2.75) is 39.7 Å². The van der Waals surface area contributed by atoms with E-state index in [4.69, 9.17) is 4.74 Å². The topological polar surface area (TPSA) is 95.9 Å². The molecular weight excluding hydrogens is 324 g/mol. The molecule has 1 heterocycles. The van der Waals surface area contributed by atoms with Crippen LogP contribution in [0.5, 0.6) is 5.75 Å². The average Bonchev–Trinajstić information content (AvgIpc) is 2.93. The number of aliphatic carboxylic acids is 1. The molecule has 1 aliphatic rings. The van der Waals surface area contributed by atoms with Crippen molar-refractivity contribution >= 4 is 17.8 Å². The number of carboxylic acid groups (broad SMARTS) is 1. The van der Waals surface area contributed by atoms with Crippen LogP contribution < -0.4 is 10.1 Å². The zero-order valence-electron chi connectivity index (χ0n) is 15.0. The maximum absolute atomic E-state index is 13.0. The lowest BCUT2D eigenvalue weighted by molar-refractivity contribution is -0.150. The van der Waals surface area contributed by atoms with E-state index in [1.54, 1.807) is 0 Å². The van der Waals surface area contributed by atoms with Gasteiger partial charge in [0.25, 0.3) is 0 Å². The first-order chi connectivity index (χ1) is 11.7. The number of aryl methyl sites for hydroxylation is 2. The lowest BCUT2D eigenvalue weighted by Gasteiger charge is -2.29. The van der Waals surface area contributed by atoms with E-state index < -0.39 is 17.9 Å². The normalized spacial score (nSPS) is 16.6. The van der Waals surface area contributed by atoms with Crippen LogP contribution in [0.1, 0.15) is 36.5 Å². The third-order valence-electron chi connectivity index (χ3n) is 4.54. The second kappa shape index (κ2) is 7.55. The van der Waals surface area contributed by atoms with Crippen LogP contribution in [0, 0.1) is 13.8 Å². The van der Waals surface area contributed by atoms with Crippen LogP contribution in [0.2, 0.25) is 0 Å². The van der Waals surface area contributed by atoms with E-state index in [2.05, 4.69) is 5.32 Å². The summed E-state index contributed by atoms with van der Waals surface area (Å²) in [5.74, 6) is -1.48. The summed E-state index contributed by atoms with van der Waals surface area (Å²) in [7, 11) is 0. The lowest BCUT2D eigenvalue weighted by Crippen LogP contribution is -2.48. The minimum Gasteiger partial charge on any atom is -0.492 e. The fourth-order valence-electron chi connectivity index (χ4n) is 2.86. The van der Waals surface area contributed by atoms with Gasteiger partial charge >= 0.3 is 5.97 Å². The fourth-order valence-corrected chi connectivity index (χ4v) is 2.86. The van der Waals surface area contributed by atoms with Crippen LogP contribution in [0.3, 0.4) is 0 Å². The summed E-state index contributed by atoms with van der Waals surface area (Å²) in [6.07, 6.45) is 0. The summed E-state index contributed by atoms with van der Waals surface area (Å²) in [6.45, 7) is 7.29. The second-order valence-electron chi connectivity index (χ2n) is 6.37. The van der Waals surface area contributed by atoms with Crippen molar-refractivity contribution in [3.8, 4) is 5.75 Å². The van der Waals surface area contributed by atoms with E-state index in [0.29, 0.717) is 5.75 Å². The molecule has 1 aromatic carbocycles. The standard InChI is InChI=1S/C18H24N2O5/c1-10-7-14-15(9-25-16(14)8-11(10)2)17(22)20(12(3)18(23)24)6-5-19-13(4)21/h7-8,12,15H,5-6,9H2,1-4H3,(H,19,21)(H,23,24). The van der Waals surface area contributed by atoms with E-state index in [-0.39, 0.29) is 31.5 Å². The van der Waals surface area contributed by atoms with Crippen molar-refractivity contribution in [3.63, 3.8) is 0 Å². The Morgan fingerprint density at radius 1 is 1.32 bits per heavy atom. The van der Waals surface area contributed by atoms with E-state index in [1.165, 1.54) is 18.7 Å². The highest BCUT2D eigenvalue weighted by atomic mass is 16.5. The van der Waals surface area contributed by atoms with Gasteiger partial charge < -0.3 is 20.1 Å². The summed E-state index contributed by atoms with van der Waals surface area (Å²) in [5.41, 5.74) is 2.92. The monoisotopic (exact) mass is 348 g/mol. The van der Waals surface area contributed by atoms with Crippen molar-refractivity contribution in [2.24, 2.45) is 0 Å². The zero-order valence-corrected chi connectivity index (χ0v) is 15.0. The first-order valence-electron chi connectivity index (χ1n) is 8.24. The van der Waals surface area contributed by atoms with Crippen molar-refractivity contribution < 1.29 is 24.2 Å². The number of amides is 2. The first kappa shape index (κ1) is 18.8. The predicted octanol–water partition coefficient (Wildman–Crippen LogP) is 1.22. The van der Waals surface area contributed by atoms with Gasteiger partial charge in [-0.1, -0.05) is 6.07 Å². The Balaban J connectivity index is 2.24. The van der Waals surface area contributed by atoms with Crippen LogP contribution in [-0.2, 0) is 14.4 Å². The van der Waals surface area contributed by atoms with Crippen LogP contribution in [0.25, 0.3) is 0 Å². The molecule has 7 nitrogen and oxygen atoms in total. The molecule has 0 saturated heterocycles. The zero-order chi connectivity index (χ0) is 18.7. The smallest absolute Gasteiger partial charge is 0.326 e. The van der Waals surface area contributed by atoms with Gasteiger partial charge in [-0.15, -0.1) is 0 Å². The predicted molar refractivity (Wildman–Crippen MR) is 91.6 cm³/mol. The molecule has 0 aromatic heterocycles. The molecule has 1 aliphatic heterocycles. The van der Waals surface area contributed by atoms with Crippen molar-refractivity contribution in [1.82, 2.24) is 10.2 Å². The highest BCUT2D eigenvalue weighted by Gasteiger charge is 2.36. The van der Waals surface area contributed by atoms with Crippen molar-refractivity contribution in [2.75, 3.05) is 19.7 Å². The molecule has 25 heavy (non-hydrogen) atoms. The SMILES string of the molecule is CC(=O)NCCN(C(=O)C1COc2cc(C)c(C)cc21)C(C)C(=O)O. The number of ether oxygens (including phenoxy) is 1. The molecule has 1 aromatic rings. The van der Waals surface area contributed by atoms with Gasteiger partial charge in [-0.25, -0.2) is 4.79 Å². The summed E-state index contributed by atoms with van der Waals surface area (Å²) in [6, 6.07) is 2.84. The quantitative estimate of drug-likeness (QED) is 0.806. The third kappa shape index (κ3) is 4.10. The number of benzene rings is 1. The van der Waals surface area contributed by atoms with Crippen LogP contribution >= 0.6 is 0 Å². The Morgan fingerprint density at radius 3 is 2.56 bits per heavy atom. The Hall–Kier alpha value is -2.57. The maximum atomic E-state index is 13.0. The molecule has 2 rings (SSSR count). The van der Waals surface area contributed by atoms with Gasteiger partial charge in [0.1, 0.15) is 24.3 Å². The van der Waals surface area contributed by atoms with Gasteiger partial charge in [0.15, 0.2) is 0 Å². The Labute approximate surface area is 147 Å². The van der Waals surface area contributed by atoms with Gasteiger partial charge in [0.05, 0.1) is 0 Å². The molecule has 0 radical (unpaired) electrons.